The Balaban J connectivity index is 2.70. The van der Waals surface area contributed by atoms with E-state index in [1.54, 1.807) is 0 Å². The second-order valence-corrected chi connectivity index (χ2v) is 4.77. The molecule has 0 bridgehead atoms. The van der Waals surface area contributed by atoms with Gasteiger partial charge >= 0.3 is 13.8 Å². The molecule has 0 radical (unpaired) electrons. The summed E-state index contributed by atoms with van der Waals surface area (Å²) >= 11 is 0. The summed E-state index contributed by atoms with van der Waals surface area (Å²) in [5, 5.41) is 8.89. The van der Waals surface area contributed by atoms with E-state index in [4.69, 9.17) is 20.7 Å². The second kappa shape index (κ2) is 6.62. The molecular formula is C9H14N3O6P. The molecule has 1 atom stereocenters. The summed E-state index contributed by atoms with van der Waals surface area (Å²) in [5.41, 5.74) is 5.04. The molecule has 0 aromatic heterocycles. The van der Waals surface area contributed by atoms with E-state index in [9.17, 15) is 9.36 Å². The summed E-state index contributed by atoms with van der Waals surface area (Å²) < 4.78 is 15.0. The van der Waals surface area contributed by atoms with E-state index < -0.39 is 19.8 Å². The van der Waals surface area contributed by atoms with Gasteiger partial charge in [-0.25, -0.2) is 9.99 Å². The van der Waals surface area contributed by atoms with Gasteiger partial charge in [0.2, 0.25) is 0 Å². The van der Waals surface area contributed by atoms with E-state index >= 15 is 0 Å². The molecule has 0 saturated heterocycles. The van der Waals surface area contributed by atoms with Crippen molar-refractivity contribution < 1.29 is 28.8 Å². The summed E-state index contributed by atoms with van der Waals surface area (Å²) in [6.45, 7) is 0. The Hall–Kier alpha value is -1.48. The first-order valence-corrected chi connectivity index (χ1v) is 6.63. The van der Waals surface area contributed by atoms with Crippen LogP contribution < -0.4 is 21.3 Å². The smallest absolute Gasteiger partial charge is 0.480 e. The number of carboxylic acid groups (broad SMARTS) is 1. The van der Waals surface area contributed by atoms with Gasteiger partial charge in [-0.15, -0.1) is 0 Å². The van der Waals surface area contributed by atoms with Gasteiger partial charge in [-0.2, -0.15) is 5.53 Å². The number of aliphatic carboxylic acids is 1. The molecule has 0 heterocycles. The molecule has 7 N–H and O–H groups in total. The van der Waals surface area contributed by atoms with Crippen LogP contribution in [0.5, 0.6) is 5.75 Å². The first-order chi connectivity index (χ1) is 8.81. The molecule has 106 valence electrons. The van der Waals surface area contributed by atoms with Crippen molar-refractivity contribution in [3.05, 3.63) is 29.8 Å². The maximum atomic E-state index is 10.9. The summed E-state index contributed by atoms with van der Waals surface area (Å²) in [6, 6.07) is 4.74. The fraction of sp³-hybridized carbons (Fsp3) is 0.222. The number of phosphoric acid groups is 1. The SMILES string of the molecule is NNN[C@@H](Cc1ccc(OP(=O)(O)O)cc1)C(=O)O. The first kappa shape index (κ1) is 15.6. The molecule has 1 aromatic carbocycles. The lowest BCUT2D eigenvalue weighted by molar-refractivity contribution is -0.139. The lowest BCUT2D eigenvalue weighted by Gasteiger charge is -2.13. The largest absolute Gasteiger partial charge is 0.524 e. The maximum absolute atomic E-state index is 10.9. The number of carbonyl (C=O) groups is 1. The number of hydrogen-bond donors (Lipinski definition) is 6. The lowest BCUT2D eigenvalue weighted by atomic mass is 10.1. The number of benzene rings is 1. The van der Waals surface area contributed by atoms with Crippen LogP contribution in [0.4, 0.5) is 0 Å². The van der Waals surface area contributed by atoms with Gasteiger partial charge < -0.3 is 9.63 Å². The quantitative estimate of drug-likeness (QED) is 0.213. The molecule has 19 heavy (non-hydrogen) atoms. The van der Waals surface area contributed by atoms with Gasteiger partial charge in [-0.3, -0.25) is 20.4 Å². The van der Waals surface area contributed by atoms with Crippen LogP contribution in [-0.2, 0) is 15.8 Å². The molecule has 0 fully saturated rings. The van der Waals surface area contributed by atoms with Crippen LogP contribution in [0.1, 0.15) is 5.56 Å². The van der Waals surface area contributed by atoms with Gasteiger partial charge in [0.05, 0.1) is 0 Å². The molecule has 0 aliphatic heterocycles. The summed E-state index contributed by atoms with van der Waals surface area (Å²) in [7, 11) is -4.59. The number of phosphoric ester groups is 1. The first-order valence-electron chi connectivity index (χ1n) is 5.10. The minimum Gasteiger partial charge on any atom is -0.480 e. The van der Waals surface area contributed by atoms with Crippen LogP contribution in [0.15, 0.2) is 24.3 Å². The molecule has 10 heteroatoms. The van der Waals surface area contributed by atoms with Crippen LogP contribution in [0.2, 0.25) is 0 Å². The van der Waals surface area contributed by atoms with Crippen molar-refractivity contribution in [1.82, 2.24) is 11.0 Å². The number of nitrogens with two attached hydrogens (primary N) is 1. The number of hydrogen-bond acceptors (Lipinski definition) is 6. The molecule has 0 aliphatic rings. The zero-order valence-electron chi connectivity index (χ0n) is 9.68. The van der Waals surface area contributed by atoms with E-state index in [1.165, 1.54) is 24.3 Å². The van der Waals surface area contributed by atoms with Crippen LogP contribution in [-0.4, -0.2) is 26.9 Å². The zero-order chi connectivity index (χ0) is 14.5. The monoisotopic (exact) mass is 291 g/mol. The van der Waals surface area contributed by atoms with Gasteiger partial charge in [0.15, 0.2) is 0 Å². The Morgan fingerprint density at radius 3 is 2.37 bits per heavy atom. The van der Waals surface area contributed by atoms with Crippen molar-refractivity contribution >= 4 is 13.8 Å². The second-order valence-electron chi connectivity index (χ2n) is 3.61. The van der Waals surface area contributed by atoms with Crippen molar-refractivity contribution in [2.45, 2.75) is 12.5 Å². The average Bonchev–Trinajstić information content (AvgIpc) is 2.29. The molecular weight excluding hydrogens is 277 g/mol. The molecule has 1 aromatic rings. The third kappa shape index (κ3) is 5.79. The van der Waals surface area contributed by atoms with Gasteiger partial charge in [-0.05, 0) is 24.1 Å². The summed E-state index contributed by atoms with van der Waals surface area (Å²) in [6.07, 6.45) is 0.135. The number of nitrogens with one attached hydrogen (secondary N) is 2. The highest BCUT2D eigenvalue weighted by Gasteiger charge is 2.18. The zero-order valence-corrected chi connectivity index (χ0v) is 10.6. The van der Waals surface area contributed by atoms with Gasteiger partial charge in [-0.1, -0.05) is 12.1 Å². The molecule has 0 unspecified atom stereocenters. The van der Waals surface area contributed by atoms with Crippen molar-refractivity contribution in [2.24, 2.45) is 5.84 Å². The number of rotatable bonds is 7. The van der Waals surface area contributed by atoms with Crippen molar-refractivity contribution in [2.75, 3.05) is 0 Å². The molecule has 0 aliphatic carbocycles. The number of hydrazine groups is 2. The van der Waals surface area contributed by atoms with E-state index in [-0.39, 0.29) is 12.2 Å². The highest BCUT2D eigenvalue weighted by atomic mass is 31.2. The standard InChI is InChI=1S/C9H14N3O6P/c10-12-11-8(9(13)14)5-6-1-3-7(4-2-6)18-19(15,16)17/h1-4,8,11-12H,5,10H2,(H,13,14)(H2,15,16,17)/t8-/m0/s1. The predicted octanol–water partition coefficient (Wildman–Crippen LogP) is -0.878. The normalized spacial score (nSPS) is 13.0. The van der Waals surface area contributed by atoms with Crippen molar-refractivity contribution in [3.63, 3.8) is 0 Å². The Bertz CT molecular complexity index is 473. The van der Waals surface area contributed by atoms with E-state index in [1.807, 2.05) is 0 Å². The Morgan fingerprint density at radius 1 is 1.37 bits per heavy atom. The van der Waals surface area contributed by atoms with Crippen LogP contribution in [0.25, 0.3) is 0 Å². The van der Waals surface area contributed by atoms with Gasteiger partial charge in [0.25, 0.3) is 0 Å². The molecule has 0 saturated carbocycles. The fourth-order valence-corrected chi connectivity index (χ4v) is 1.76. The summed E-state index contributed by atoms with van der Waals surface area (Å²) in [4.78, 5) is 28.1. The molecule has 9 nitrogen and oxygen atoms in total. The van der Waals surface area contributed by atoms with Crippen LogP contribution in [0, 0.1) is 0 Å². The van der Waals surface area contributed by atoms with Gasteiger partial charge in [0.1, 0.15) is 11.8 Å². The third-order valence-electron chi connectivity index (χ3n) is 2.14. The van der Waals surface area contributed by atoms with E-state index in [0.29, 0.717) is 5.56 Å². The summed E-state index contributed by atoms with van der Waals surface area (Å²) in [5.74, 6) is 3.89. The Labute approximate surface area is 108 Å². The van der Waals surface area contributed by atoms with E-state index in [2.05, 4.69) is 15.5 Å². The van der Waals surface area contributed by atoms with Crippen LogP contribution >= 0.6 is 7.82 Å². The Kier molecular flexibility index (Phi) is 5.43. The average molecular weight is 291 g/mol. The van der Waals surface area contributed by atoms with E-state index in [0.717, 1.165) is 0 Å². The van der Waals surface area contributed by atoms with Crippen molar-refractivity contribution in [3.8, 4) is 5.75 Å². The molecule has 0 spiro atoms. The molecule has 0 amide bonds. The highest BCUT2D eigenvalue weighted by molar-refractivity contribution is 7.46. The lowest BCUT2D eigenvalue weighted by Crippen LogP contribution is -2.49. The van der Waals surface area contributed by atoms with Crippen LogP contribution in [0.3, 0.4) is 0 Å². The number of carboxylic acids is 1. The van der Waals surface area contributed by atoms with Gasteiger partial charge in [0, 0.05) is 0 Å². The third-order valence-corrected chi connectivity index (χ3v) is 2.59. The Morgan fingerprint density at radius 2 is 1.95 bits per heavy atom. The minimum absolute atomic E-state index is 0.00568. The fourth-order valence-electron chi connectivity index (χ4n) is 1.36. The highest BCUT2D eigenvalue weighted by Crippen LogP contribution is 2.37. The topological polar surface area (TPSA) is 154 Å². The minimum atomic E-state index is -4.59. The molecule has 1 rings (SSSR count). The predicted molar refractivity (Wildman–Crippen MR) is 64.7 cm³/mol. The maximum Gasteiger partial charge on any atom is 0.524 e. The van der Waals surface area contributed by atoms with Crippen molar-refractivity contribution in [1.29, 1.82) is 0 Å².